The zero-order chi connectivity index (χ0) is 13.1. The number of carbonyl (C=O) groups is 3. The van der Waals surface area contributed by atoms with Gasteiger partial charge in [-0.2, -0.15) is 0 Å². The lowest BCUT2D eigenvalue weighted by molar-refractivity contribution is -0.136. The van der Waals surface area contributed by atoms with E-state index in [1.807, 2.05) is 0 Å². The number of nitrogens with zero attached hydrogens (tertiary/aromatic N) is 2. The molecular formula is C10H16N4O4. The Balaban J connectivity index is 1.79. The molecule has 3 N–H and O–H groups in total. The molecule has 2 aliphatic heterocycles. The summed E-state index contributed by atoms with van der Waals surface area (Å²) in [6, 6.07) is -0.322. The average Bonchev–Trinajstić information content (AvgIpc) is 2.70. The van der Waals surface area contributed by atoms with Gasteiger partial charge >= 0.3 is 18.0 Å². The Bertz CT molecular complexity index is 373. The van der Waals surface area contributed by atoms with Crippen molar-refractivity contribution in [2.45, 2.75) is 12.5 Å². The lowest BCUT2D eigenvalue weighted by Crippen LogP contribution is -2.56. The molecule has 2 aliphatic rings. The Kier molecular flexibility index (Phi) is 3.54. The number of hydrogen-bond donors (Lipinski definition) is 3. The maximum absolute atomic E-state index is 11.7. The maximum Gasteiger partial charge on any atom is 0.317 e. The summed E-state index contributed by atoms with van der Waals surface area (Å²) in [5.74, 6) is -0.939. The van der Waals surface area contributed by atoms with Gasteiger partial charge in [0.05, 0.1) is 12.5 Å². The first-order valence-corrected chi connectivity index (χ1v) is 5.87. The predicted molar refractivity (Wildman–Crippen MR) is 61.1 cm³/mol. The normalized spacial score (nSPS) is 22.4. The van der Waals surface area contributed by atoms with Crippen LogP contribution in [-0.4, -0.2) is 71.7 Å². The minimum atomic E-state index is -0.939. The molecule has 0 bridgehead atoms. The van der Waals surface area contributed by atoms with Gasteiger partial charge in [0, 0.05) is 32.7 Å². The van der Waals surface area contributed by atoms with Crippen molar-refractivity contribution in [1.82, 2.24) is 20.4 Å². The highest BCUT2D eigenvalue weighted by Crippen LogP contribution is 2.13. The van der Waals surface area contributed by atoms with Gasteiger partial charge in [-0.05, 0) is 0 Å². The third kappa shape index (κ3) is 2.63. The third-order valence-corrected chi connectivity index (χ3v) is 3.13. The number of carboxylic acid groups (broad SMARTS) is 1. The second-order valence-electron chi connectivity index (χ2n) is 4.35. The van der Waals surface area contributed by atoms with E-state index in [4.69, 9.17) is 5.11 Å². The van der Waals surface area contributed by atoms with Gasteiger partial charge < -0.3 is 25.5 Å². The van der Waals surface area contributed by atoms with E-state index in [1.54, 1.807) is 9.80 Å². The SMILES string of the molecule is O=C(O)CCNC(=O)N1CCN2C(=O)NCC2C1. The van der Waals surface area contributed by atoms with Crippen LogP contribution < -0.4 is 10.6 Å². The van der Waals surface area contributed by atoms with E-state index in [2.05, 4.69) is 10.6 Å². The number of hydrogen-bond acceptors (Lipinski definition) is 3. The van der Waals surface area contributed by atoms with Crippen molar-refractivity contribution in [2.24, 2.45) is 0 Å². The van der Waals surface area contributed by atoms with Crippen LogP contribution in [0, 0.1) is 0 Å². The fourth-order valence-electron chi connectivity index (χ4n) is 2.18. The number of piperazine rings is 1. The molecule has 2 heterocycles. The Hall–Kier alpha value is -1.99. The standard InChI is InChI=1S/C10H16N4O4/c15-8(16)1-2-11-9(17)13-3-4-14-7(6-13)5-12-10(14)18/h7H,1-6H2,(H,11,17)(H,12,18)(H,15,16). The molecule has 18 heavy (non-hydrogen) atoms. The van der Waals surface area contributed by atoms with E-state index in [-0.39, 0.29) is 31.1 Å². The Morgan fingerprint density at radius 1 is 1.44 bits per heavy atom. The first kappa shape index (κ1) is 12.5. The molecule has 0 aromatic rings. The number of fused-ring (bicyclic) bond motifs is 1. The molecule has 0 spiro atoms. The number of rotatable bonds is 3. The minimum Gasteiger partial charge on any atom is -0.481 e. The monoisotopic (exact) mass is 256 g/mol. The fraction of sp³-hybridized carbons (Fsp3) is 0.700. The average molecular weight is 256 g/mol. The largest absolute Gasteiger partial charge is 0.481 e. The molecule has 8 heteroatoms. The molecule has 0 aromatic heterocycles. The highest BCUT2D eigenvalue weighted by molar-refractivity contribution is 5.79. The van der Waals surface area contributed by atoms with E-state index < -0.39 is 5.97 Å². The van der Waals surface area contributed by atoms with Crippen LogP contribution in [0.4, 0.5) is 9.59 Å². The van der Waals surface area contributed by atoms with Crippen LogP contribution in [0.1, 0.15) is 6.42 Å². The van der Waals surface area contributed by atoms with Crippen molar-refractivity contribution in [2.75, 3.05) is 32.7 Å². The summed E-state index contributed by atoms with van der Waals surface area (Å²) >= 11 is 0. The summed E-state index contributed by atoms with van der Waals surface area (Å²) in [5.41, 5.74) is 0. The van der Waals surface area contributed by atoms with Gasteiger partial charge in [-0.15, -0.1) is 0 Å². The molecule has 0 aliphatic carbocycles. The Morgan fingerprint density at radius 2 is 2.22 bits per heavy atom. The van der Waals surface area contributed by atoms with Crippen LogP contribution in [0.3, 0.4) is 0 Å². The Labute approximate surface area is 104 Å². The smallest absolute Gasteiger partial charge is 0.317 e. The van der Waals surface area contributed by atoms with E-state index in [1.165, 1.54) is 0 Å². The van der Waals surface area contributed by atoms with Crippen molar-refractivity contribution in [3.63, 3.8) is 0 Å². The predicted octanol–water partition coefficient (Wildman–Crippen LogP) is -1.12. The molecule has 2 saturated heterocycles. The van der Waals surface area contributed by atoms with Gasteiger partial charge in [0.1, 0.15) is 0 Å². The third-order valence-electron chi connectivity index (χ3n) is 3.13. The highest BCUT2D eigenvalue weighted by Gasteiger charge is 2.36. The van der Waals surface area contributed by atoms with Crippen LogP contribution in [-0.2, 0) is 4.79 Å². The maximum atomic E-state index is 11.7. The van der Waals surface area contributed by atoms with E-state index in [9.17, 15) is 14.4 Å². The molecule has 0 saturated carbocycles. The molecule has 0 aromatic carbocycles. The van der Waals surface area contributed by atoms with E-state index in [0.29, 0.717) is 26.2 Å². The van der Waals surface area contributed by atoms with Gasteiger partial charge in [0.15, 0.2) is 0 Å². The van der Waals surface area contributed by atoms with Crippen molar-refractivity contribution < 1.29 is 19.5 Å². The summed E-state index contributed by atoms with van der Waals surface area (Å²) < 4.78 is 0. The quantitative estimate of drug-likeness (QED) is 0.595. The molecule has 1 atom stereocenters. The number of urea groups is 2. The molecule has 1 unspecified atom stereocenters. The number of carbonyl (C=O) groups excluding carboxylic acids is 2. The van der Waals surface area contributed by atoms with Gasteiger partial charge in [-0.3, -0.25) is 4.79 Å². The van der Waals surface area contributed by atoms with E-state index in [0.717, 1.165) is 0 Å². The van der Waals surface area contributed by atoms with Gasteiger partial charge in [-0.25, -0.2) is 9.59 Å². The molecule has 0 radical (unpaired) electrons. The van der Waals surface area contributed by atoms with Crippen LogP contribution in [0.15, 0.2) is 0 Å². The van der Waals surface area contributed by atoms with E-state index >= 15 is 0 Å². The lowest BCUT2D eigenvalue weighted by Gasteiger charge is -2.36. The van der Waals surface area contributed by atoms with Crippen LogP contribution in [0.2, 0.25) is 0 Å². The Morgan fingerprint density at radius 3 is 2.94 bits per heavy atom. The van der Waals surface area contributed by atoms with Crippen LogP contribution >= 0.6 is 0 Å². The summed E-state index contributed by atoms with van der Waals surface area (Å²) in [4.78, 5) is 36.8. The summed E-state index contributed by atoms with van der Waals surface area (Å²) in [5, 5.41) is 13.8. The summed E-state index contributed by atoms with van der Waals surface area (Å²) in [6.07, 6.45) is -0.0881. The van der Waals surface area contributed by atoms with Gasteiger partial charge in [-0.1, -0.05) is 0 Å². The van der Waals surface area contributed by atoms with Gasteiger partial charge in [0.25, 0.3) is 0 Å². The van der Waals surface area contributed by atoms with Crippen molar-refractivity contribution >= 4 is 18.0 Å². The van der Waals surface area contributed by atoms with Crippen LogP contribution in [0.5, 0.6) is 0 Å². The minimum absolute atomic E-state index is 0.0245. The number of amides is 4. The fourth-order valence-corrected chi connectivity index (χ4v) is 2.18. The number of nitrogens with one attached hydrogen (secondary N) is 2. The lowest BCUT2D eigenvalue weighted by atomic mass is 10.2. The molecule has 4 amide bonds. The molecule has 2 fully saturated rings. The zero-order valence-corrected chi connectivity index (χ0v) is 9.89. The first-order chi connectivity index (χ1) is 8.58. The summed E-state index contributed by atoms with van der Waals surface area (Å²) in [7, 11) is 0. The van der Waals surface area contributed by atoms with Crippen molar-refractivity contribution in [3.05, 3.63) is 0 Å². The molecule has 8 nitrogen and oxygen atoms in total. The van der Waals surface area contributed by atoms with Crippen molar-refractivity contribution in [1.29, 1.82) is 0 Å². The van der Waals surface area contributed by atoms with Crippen LogP contribution in [0.25, 0.3) is 0 Å². The first-order valence-electron chi connectivity index (χ1n) is 5.87. The number of carboxylic acids is 1. The highest BCUT2D eigenvalue weighted by atomic mass is 16.4. The van der Waals surface area contributed by atoms with Crippen molar-refractivity contribution in [3.8, 4) is 0 Å². The second-order valence-corrected chi connectivity index (χ2v) is 4.35. The topological polar surface area (TPSA) is 102 Å². The summed E-state index contributed by atoms with van der Waals surface area (Å²) in [6.45, 7) is 2.15. The molecule has 2 rings (SSSR count). The molecule has 100 valence electrons. The number of aliphatic carboxylic acids is 1. The van der Waals surface area contributed by atoms with Gasteiger partial charge in [0.2, 0.25) is 0 Å². The second kappa shape index (κ2) is 5.11. The zero-order valence-electron chi connectivity index (χ0n) is 9.89. The molecular weight excluding hydrogens is 240 g/mol.